The van der Waals surface area contributed by atoms with E-state index in [4.69, 9.17) is 9.97 Å². The van der Waals surface area contributed by atoms with Gasteiger partial charge in [-0.25, -0.2) is 9.97 Å². The highest BCUT2D eigenvalue weighted by Gasteiger charge is 2.12. The van der Waals surface area contributed by atoms with Crippen LogP contribution in [0, 0.1) is 0 Å². The summed E-state index contributed by atoms with van der Waals surface area (Å²) in [7, 11) is 0. The van der Waals surface area contributed by atoms with Crippen LogP contribution in [-0.2, 0) is 19.3 Å². The van der Waals surface area contributed by atoms with Crippen LogP contribution in [0.25, 0.3) is 10.2 Å². The van der Waals surface area contributed by atoms with Crippen molar-refractivity contribution in [2.24, 2.45) is 0 Å². The van der Waals surface area contributed by atoms with E-state index < -0.39 is 0 Å². The summed E-state index contributed by atoms with van der Waals surface area (Å²) in [6.45, 7) is 3.05. The van der Waals surface area contributed by atoms with Crippen molar-refractivity contribution in [1.82, 2.24) is 9.97 Å². The Balaban J connectivity index is 1.59. The lowest BCUT2D eigenvalue weighted by atomic mass is 10.1. The fourth-order valence-corrected chi connectivity index (χ4v) is 4.14. The maximum absolute atomic E-state index is 4.86. The lowest BCUT2D eigenvalue weighted by molar-refractivity contribution is 0.966. The van der Waals surface area contributed by atoms with E-state index in [1.165, 1.54) is 16.0 Å². The third-order valence-corrected chi connectivity index (χ3v) is 5.77. The molecule has 0 atom stereocenters. The number of anilines is 1. The van der Waals surface area contributed by atoms with Crippen LogP contribution in [-0.4, -0.2) is 16.5 Å². The van der Waals surface area contributed by atoms with Gasteiger partial charge in [0, 0.05) is 17.8 Å². The fraction of sp³-hybridized carbons (Fsp3) is 0.217. The first-order valence-corrected chi connectivity index (χ1v) is 10.2. The molecule has 0 saturated carbocycles. The molecule has 0 spiro atoms. The monoisotopic (exact) mass is 373 g/mol. The number of aryl methyl sites for hydroxylation is 1. The summed E-state index contributed by atoms with van der Waals surface area (Å²) >= 11 is 1.77. The standard InChI is InChI=1S/C23H23N3S/c1-2-19-16-20-22(24-14-13-17-9-5-3-6-10-17)25-21(26-23(20)27-19)15-18-11-7-4-8-12-18/h3-12,16H,2,13-15H2,1H3,(H,24,25,26). The first-order valence-electron chi connectivity index (χ1n) is 9.43. The predicted molar refractivity (Wildman–Crippen MR) is 115 cm³/mol. The van der Waals surface area contributed by atoms with Gasteiger partial charge in [0.25, 0.3) is 0 Å². The normalized spacial score (nSPS) is 11.0. The van der Waals surface area contributed by atoms with E-state index in [1.807, 2.05) is 6.07 Å². The number of nitrogens with one attached hydrogen (secondary N) is 1. The van der Waals surface area contributed by atoms with E-state index in [0.717, 1.165) is 47.7 Å². The Labute approximate surface area is 164 Å². The summed E-state index contributed by atoms with van der Waals surface area (Å²) in [5.74, 6) is 1.83. The molecule has 4 heteroatoms. The topological polar surface area (TPSA) is 37.8 Å². The summed E-state index contributed by atoms with van der Waals surface area (Å²) in [6.07, 6.45) is 2.76. The fourth-order valence-electron chi connectivity index (χ4n) is 3.15. The Kier molecular flexibility index (Phi) is 5.45. The van der Waals surface area contributed by atoms with Gasteiger partial charge >= 0.3 is 0 Å². The van der Waals surface area contributed by atoms with Gasteiger partial charge in [-0.15, -0.1) is 11.3 Å². The molecular weight excluding hydrogens is 350 g/mol. The van der Waals surface area contributed by atoms with Gasteiger partial charge < -0.3 is 5.32 Å². The van der Waals surface area contributed by atoms with Gasteiger partial charge in [0.1, 0.15) is 16.5 Å². The van der Waals surface area contributed by atoms with Crippen LogP contribution >= 0.6 is 11.3 Å². The summed E-state index contributed by atoms with van der Waals surface area (Å²) in [6, 6.07) is 23.2. The Morgan fingerprint density at radius 1 is 0.889 bits per heavy atom. The number of hydrogen-bond acceptors (Lipinski definition) is 4. The van der Waals surface area contributed by atoms with Gasteiger partial charge in [-0.3, -0.25) is 0 Å². The molecule has 0 aliphatic carbocycles. The molecule has 2 aromatic carbocycles. The maximum atomic E-state index is 4.86. The van der Waals surface area contributed by atoms with Crippen molar-refractivity contribution < 1.29 is 0 Å². The molecule has 0 unspecified atom stereocenters. The minimum atomic E-state index is 0.753. The van der Waals surface area contributed by atoms with Crippen LogP contribution < -0.4 is 5.32 Å². The van der Waals surface area contributed by atoms with Crippen LogP contribution in [0.2, 0.25) is 0 Å². The molecule has 136 valence electrons. The Morgan fingerprint density at radius 2 is 1.59 bits per heavy atom. The molecule has 0 aliphatic heterocycles. The summed E-state index contributed by atoms with van der Waals surface area (Å²) < 4.78 is 0. The number of aromatic nitrogens is 2. The number of benzene rings is 2. The molecule has 2 aromatic heterocycles. The highest BCUT2D eigenvalue weighted by Crippen LogP contribution is 2.29. The lowest BCUT2D eigenvalue weighted by Crippen LogP contribution is -2.08. The van der Waals surface area contributed by atoms with Crippen molar-refractivity contribution in [3.63, 3.8) is 0 Å². The quantitative estimate of drug-likeness (QED) is 0.465. The second-order valence-corrected chi connectivity index (χ2v) is 7.71. The molecule has 0 radical (unpaired) electrons. The van der Waals surface area contributed by atoms with Gasteiger partial charge in [0.05, 0.1) is 5.39 Å². The number of thiophene rings is 1. The molecule has 3 nitrogen and oxygen atoms in total. The Bertz CT molecular complexity index is 1010. The highest BCUT2D eigenvalue weighted by molar-refractivity contribution is 7.18. The zero-order valence-electron chi connectivity index (χ0n) is 15.5. The van der Waals surface area contributed by atoms with E-state index in [9.17, 15) is 0 Å². The third-order valence-electron chi connectivity index (χ3n) is 4.59. The summed E-state index contributed by atoms with van der Waals surface area (Å²) in [5.41, 5.74) is 2.57. The molecule has 0 amide bonds. The zero-order valence-corrected chi connectivity index (χ0v) is 16.3. The number of fused-ring (bicyclic) bond motifs is 1. The van der Waals surface area contributed by atoms with Crippen LogP contribution in [0.1, 0.15) is 28.8 Å². The minimum absolute atomic E-state index is 0.753. The van der Waals surface area contributed by atoms with Gasteiger partial charge in [0.15, 0.2) is 0 Å². The molecule has 2 heterocycles. The zero-order chi connectivity index (χ0) is 18.5. The van der Waals surface area contributed by atoms with E-state index in [-0.39, 0.29) is 0 Å². The van der Waals surface area contributed by atoms with Gasteiger partial charge in [0.2, 0.25) is 0 Å². The first kappa shape index (κ1) is 17.7. The first-order chi connectivity index (χ1) is 13.3. The molecule has 0 fully saturated rings. The van der Waals surface area contributed by atoms with Gasteiger partial charge in [-0.2, -0.15) is 0 Å². The SMILES string of the molecule is CCc1cc2c(NCCc3ccccc3)nc(Cc3ccccc3)nc2s1. The minimum Gasteiger partial charge on any atom is -0.369 e. The molecule has 4 rings (SSSR count). The van der Waals surface area contributed by atoms with E-state index in [0.29, 0.717) is 0 Å². The number of rotatable bonds is 7. The lowest BCUT2D eigenvalue weighted by Gasteiger charge is -2.09. The smallest absolute Gasteiger partial charge is 0.138 e. The molecule has 0 aliphatic rings. The second kappa shape index (κ2) is 8.31. The summed E-state index contributed by atoms with van der Waals surface area (Å²) in [5, 5.41) is 4.70. The molecule has 1 N–H and O–H groups in total. The number of hydrogen-bond donors (Lipinski definition) is 1. The van der Waals surface area contributed by atoms with Crippen LogP contribution in [0.3, 0.4) is 0 Å². The van der Waals surface area contributed by atoms with Crippen LogP contribution in [0.4, 0.5) is 5.82 Å². The van der Waals surface area contributed by atoms with E-state index in [1.54, 1.807) is 11.3 Å². The number of nitrogens with zero attached hydrogens (tertiary/aromatic N) is 2. The van der Waals surface area contributed by atoms with Crippen molar-refractivity contribution in [3.8, 4) is 0 Å². The molecular formula is C23H23N3S. The third kappa shape index (κ3) is 4.34. The van der Waals surface area contributed by atoms with Crippen molar-refractivity contribution in [2.75, 3.05) is 11.9 Å². The largest absolute Gasteiger partial charge is 0.369 e. The highest BCUT2D eigenvalue weighted by atomic mass is 32.1. The Morgan fingerprint density at radius 3 is 2.30 bits per heavy atom. The van der Waals surface area contributed by atoms with E-state index >= 15 is 0 Å². The maximum Gasteiger partial charge on any atom is 0.138 e. The molecule has 0 saturated heterocycles. The predicted octanol–water partition coefficient (Wildman–Crippen LogP) is 5.50. The van der Waals surface area contributed by atoms with Crippen LogP contribution in [0.5, 0.6) is 0 Å². The summed E-state index contributed by atoms with van der Waals surface area (Å²) in [4.78, 5) is 12.1. The second-order valence-electron chi connectivity index (χ2n) is 6.60. The van der Waals surface area contributed by atoms with Gasteiger partial charge in [-0.05, 0) is 30.0 Å². The Hall–Kier alpha value is -2.72. The average Bonchev–Trinajstić information content (AvgIpc) is 3.13. The molecule has 4 aromatic rings. The van der Waals surface area contributed by atoms with E-state index in [2.05, 4.69) is 72.9 Å². The molecule has 0 bridgehead atoms. The van der Waals surface area contributed by atoms with Crippen molar-refractivity contribution in [3.05, 3.63) is 88.6 Å². The van der Waals surface area contributed by atoms with Gasteiger partial charge in [-0.1, -0.05) is 67.6 Å². The average molecular weight is 374 g/mol. The van der Waals surface area contributed by atoms with Crippen molar-refractivity contribution in [1.29, 1.82) is 0 Å². The van der Waals surface area contributed by atoms with Crippen molar-refractivity contribution in [2.45, 2.75) is 26.2 Å². The van der Waals surface area contributed by atoms with Crippen molar-refractivity contribution >= 4 is 27.4 Å². The molecule has 27 heavy (non-hydrogen) atoms. The van der Waals surface area contributed by atoms with Crippen LogP contribution in [0.15, 0.2) is 66.7 Å².